The third-order valence-electron chi connectivity index (χ3n) is 2.69. The number of nitrogens with one attached hydrogen (secondary N) is 1. The lowest BCUT2D eigenvalue weighted by atomic mass is 9.82. The van der Waals surface area contributed by atoms with Gasteiger partial charge in [0.1, 0.15) is 0 Å². The molecule has 0 bridgehead atoms. The van der Waals surface area contributed by atoms with E-state index in [1.807, 2.05) is 0 Å². The van der Waals surface area contributed by atoms with Crippen LogP contribution in [0.1, 0.15) is 27.2 Å². The van der Waals surface area contributed by atoms with Crippen LogP contribution in [0.2, 0.25) is 0 Å². The maximum absolute atomic E-state index is 5.93. The number of hydrogen-bond donors (Lipinski definition) is 2. The summed E-state index contributed by atoms with van der Waals surface area (Å²) in [6, 6.07) is 0. The molecule has 3 N–H and O–H groups in total. The first-order valence-corrected chi connectivity index (χ1v) is 4.60. The molecule has 1 rings (SSSR count). The third kappa shape index (κ3) is 2.17. The Bertz CT molecular complexity index is 123. The number of rotatable bonds is 1. The largest absolute Gasteiger partial charge is 0.316 e. The van der Waals surface area contributed by atoms with E-state index in [1.54, 1.807) is 0 Å². The second-order valence-electron chi connectivity index (χ2n) is 4.18. The normalized spacial score (nSPS) is 39.5. The highest BCUT2D eigenvalue weighted by atomic mass is 15.0. The second kappa shape index (κ2) is 3.55. The Morgan fingerprint density at radius 3 is 2.55 bits per heavy atom. The van der Waals surface area contributed by atoms with E-state index in [-0.39, 0.29) is 6.17 Å². The van der Waals surface area contributed by atoms with Gasteiger partial charge < -0.3 is 11.1 Å². The van der Waals surface area contributed by atoms with E-state index in [0.717, 1.165) is 12.5 Å². The molecular weight excluding hydrogens is 136 g/mol. The summed E-state index contributed by atoms with van der Waals surface area (Å²) >= 11 is 0. The highest BCUT2D eigenvalue weighted by Crippen LogP contribution is 2.24. The lowest BCUT2D eigenvalue weighted by Gasteiger charge is -2.36. The zero-order chi connectivity index (χ0) is 8.43. The van der Waals surface area contributed by atoms with Crippen LogP contribution >= 0.6 is 0 Å². The van der Waals surface area contributed by atoms with Gasteiger partial charge in [-0.2, -0.15) is 0 Å². The highest BCUT2D eigenvalue weighted by molar-refractivity contribution is 4.81. The summed E-state index contributed by atoms with van der Waals surface area (Å²) in [5, 5.41) is 3.34. The third-order valence-corrected chi connectivity index (χ3v) is 2.69. The smallest absolute Gasteiger partial charge is 0.0578 e. The van der Waals surface area contributed by atoms with Gasteiger partial charge in [-0.25, -0.2) is 0 Å². The van der Waals surface area contributed by atoms with Gasteiger partial charge in [0.15, 0.2) is 0 Å². The summed E-state index contributed by atoms with van der Waals surface area (Å²) < 4.78 is 0. The van der Waals surface area contributed by atoms with Crippen LogP contribution in [0.3, 0.4) is 0 Å². The van der Waals surface area contributed by atoms with Crippen LogP contribution in [0.15, 0.2) is 0 Å². The SMILES string of the molecule is CC1CNC(N)C(C(C)C)C1. The molecule has 0 aromatic rings. The topological polar surface area (TPSA) is 38.0 Å². The van der Waals surface area contributed by atoms with E-state index >= 15 is 0 Å². The Morgan fingerprint density at radius 1 is 1.45 bits per heavy atom. The molecule has 0 saturated carbocycles. The standard InChI is InChI=1S/C9H20N2/c1-6(2)8-4-7(3)5-11-9(8)10/h6-9,11H,4-5,10H2,1-3H3. The molecular formula is C9H20N2. The first-order valence-electron chi connectivity index (χ1n) is 4.60. The van der Waals surface area contributed by atoms with Crippen LogP contribution in [0.4, 0.5) is 0 Å². The minimum atomic E-state index is 0.228. The van der Waals surface area contributed by atoms with Crippen molar-refractivity contribution < 1.29 is 0 Å². The van der Waals surface area contributed by atoms with Crippen molar-refractivity contribution >= 4 is 0 Å². The van der Waals surface area contributed by atoms with Gasteiger partial charge in [0, 0.05) is 0 Å². The van der Waals surface area contributed by atoms with Crippen LogP contribution in [0.5, 0.6) is 0 Å². The average Bonchev–Trinajstić information content (AvgIpc) is 1.94. The highest BCUT2D eigenvalue weighted by Gasteiger charge is 2.27. The second-order valence-corrected chi connectivity index (χ2v) is 4.18. The molecule has 2 nitrogen and oxygen atoms in total. The number of piperidine rings is 1. The van der Waals surface area contributed by atoms with Crippen molar-refractivity contribution in [1.82, 2.24) is 5.32 Å². The van der Waals surface area contributed by atoms with Crippen molar-refractivity contribution in [3.63, 3.8) is 0 Å². The van der Waals surface area contributed by atoms with Gasteiger partial charge in [-0.05, 0) is 30.7 Å². The zero-order valence-corrected chi connectivity index (χ0v) is 7.80. The van der Waals surface area contributed by atoms with Crippen LogP contribution < -0.4 is 11.1 Å². The average molecular weight is 156 g/mol. The van der Waals surface area contributed by atoms with Crippen molar-refractivity contribution in [2.75, 3.05) is 6.54 Å². The van der Waals surface area contributed by atoms with E-state index < -0.39 is 0 Å². The summed E-state index contributed by atoms with van der Waals surface area (Å²) in [6.45, 7) is 7.88. The van der Waals surface area contributed by atoms with Gasteiger partial charge in [0.2, 0.25) is 0 Å². The Morgan fingerprint density at radius 2 is 2.09 bits per heavy atom. The molecule has 1 aliphatic heterocycles. The van der Waals surface area contributed by atoms with Crippen LogP contribution in [-0.2, 0) is 0 Å². The summed E-state index contributed by atoms with van der Waals surface area (Å²) in [5.74, 6) is 2.17. The predicted molar refractivity (Wildman–Crippen MR) is 48.1 cm³/mol. The van der Waals surface area contributed by atoms with E-state index in [0.29, 0.717) is 11.8 Å². The summed E-state index contributed by atoms with van der Waals surface area (Å²) in [6.07, 6.45) is 1.51. The van der Waals surface area contributed by atoms with E-state index in [9.17, 15) is 0 Å². The molecule has 1 saturated heterocycles. The Hall–Kier alpha value is -0.0800. The number of hydrogen-bond acceptors (Lipinski definition) is 2. The van der Waals surface area contributed by atoms with Crippen molar-refractivity contribution in [3.8, 4) is 0 Å². The van der Waals surface area contributed by atoms with Crippen molar-refractivity contribution in [2.24, 2.45) is 23.5 Å². The molecule has 0 aromatic carbocycles. The fraction of sp³-hybridized carbons (Fsp3) is 1.00. The maximum Gasteiger partial charge on any atom is 0.0578 e. The molecule has 1 aliphatic rings. The molecule has 0 radical (unpaired) electrons. The van der Waals surface area contributed by atoms with Crippen LogP contribution in [0.25, 0.3) is 0 Å². The fourth-order valence-corrected chi connectivity index (χ4v) is 1.87. The lowest BCUT2D eigenvalue weighted by molar-refractivity contribution is 0.182. The molecule has 66 valence electrons. The number of nitrogens with two attached hydrogens (primary N) is 1. The molecule has 11 heavy (non-hydrogen) atoms. The van der Waals surface area contributed by atoms with Gasteiger partial charge in [-0.3, -0.25) is 0 Å². The first-order chi connectivity index (χ1) is 5.11. The molecule has 0 amide bonds. The summed E-state index contributed by atoms with van der Waals surface area (Å²) in [5.41, 5.74) is 5.93. The molecule has 0 aromatic heterocycles. The van der Waals surface area contributed by atoms with E-state index in [4.69, 9.17) is 5.73 Å². The first kappa shape index (κ1) is 9.01. The predicted octanol–water partition coefficient (Wildman–Crippen LogP) is 1.17. The monoisotopic (exact) mass is 156 g/mol. The molecule has 3 atom stereocenters. The minimum absolute atomic E-state index is 0.228. The Labute approximate surface area is 69.5 Å². The van der Waals surface area contributed by atoms with Crippen LogP contribution in [-0.4, -0.2) is 12.7 Å². The Kier molecular flexibility index (Phi) is 2.90. The van der Waals surface area contributed by atoms with Gasteiger partial charge in [-0.1, -0.05) is 20.8 Å². The van der Waals surface area contributed by atoms with Crippen molar-refractivity contribution in [2.45, 2.75) is 33.4 Å². The quantitative estimate of drug-likeness (QED) is 0.598. The van der Waals surface area contributed by atoms with E-state index in [2.05, 4.69) is 26.1 Å². The summed E-state index contributed by atoms with van der Waals surface area (Å²) in [4.78, 5) is 0. The molecule has 0 spiro atoms. The van der Waals surface area contributed by atoms with Crippen molar-refractivity contribution in [1.29, 1.82) is 0 Å². The van der Waals surface area contributed by atoms with Crippen LogP contribution in [0, 0.1) is 17.8 Å². The Balaban J connectivity index is 2.47. The molecule has 0 aliphatic carbocycles. The van der Waals surface area contributed by atoms with Gasteiger partial charge in [-0.15, -0.1) is 0 Å². The fourth-order valence-electron chi connectivity index (χ4n) is 1.87. The molecule has 2 heteroatoms. The van der Waals surface area contributed by atoms with Gasteiger partial charge in [0.25, 0.3) is 0 Å². The van der Waals surface area contributed by atoms with Crippen molar-refractivity contribution in [3.05, 3.63) is 0 Å². The van der Waals surface area contributed by atoms with Gasteiger partial charge in [0.05, 0.1) is 6.17 Å². The molecule has 3 unspecified atom stereocenters. The lowest BCUT2D eigenvalue weighted by Crippen LogP contribution is -2.51. The van der Waals surface area contributed by atoms with Gasteiger partial charge >= 0.3 is 0 Å². The molecule has 1 fully saturated rings. The molecule has 1 heterocycles. The maximum atomic E-state index is 5.93. The summed E-state index contributed by atoms with van der Waals surface area (Å²) in [7, 11) is 0. The minimum Gasteiger partial charge on any atom is -0.316 e. The van der Waals surface area contributed by atoms with E-state index in [1.165, 1.54) is 6.42 Å². The zero-order valence-electron chi connectivity index (χ0n) is 7.80.